The van der Waals surface area contributed by atoms with E-state index in [9.17, 15) is 5.11 Å². The summed E-state index contributed by atoms with van der Waals surface area (Å²) in [5.74, 6) is 1.98. The van der Waals surface area contributed by atoms with E-state index < -0.39 is 17.9 Å². The highest BCUT2D eigenvalue weighted by atomic mass is 16.7. The molecule has 3 fully saturated rings. The molecule has 2 aromatic carbocycles. The topological polar surface area (TPSA) is 131 Å². The molecule has 224 valence electrons. The van der Waals surface area contributed by atoms with Crippen LogP contribution in [0, 0.1) is 0 Å². The summed E-state index contributed by atoms with van der Waals surface area (Å²) in [5, 5.41) is 21.5. The lowest BCUT2D eigenvalue weighted by Gasteiger charge is -2.46. The number of methoxy groups -OCH3 is 1. The van der Waals surface area contributed by atoms with Gasteiger partial charge in [-0.05, 0) is 76.0 Å². The molecular formula is C32H37N7O4. The number of benzene rings is 2. The summed E-state index contributed by atoms with van der Waals surface area (Å²) in [4.78, 5) is 16.9. The van der Waals surface area contributed by atoms with Crippen molar-refractivity contribution in [2.75, 3.05) is 44.0 Å². The number of aromatic nitrogens is 4. The number of rotatable bonds is 9. The van der Waals surface area contributed by atoms with E-state index in [0.717, 1.165) is 67.1 Å². The van der Waals surface area contributed by atoms with Crippen molar-refractivity contribution in [3.63, 3.8) is 0 Å². The lowest BCUT2D eigenvalue weighted by molar-refractivity contribution is -0.175. The van der Waals surface area contributed by atoms with Gasteiger partial charge in [-0.15, -0.1) is 0 Å². The lowest BCUT2D eigenvalue weighted by atomic mass is 9.71. The van der Waals surface area contributed by atoms with Crippen LogP contribution < -0.4 is 10.6 Å². The highest BCUT2D eigenvalue weighted by molar-refractivity contribution is 5.71. The number of aliphatic hydroxyl groups excluding tert-OH is 1. The summed E-state index contributed by atoms with van der Waals surface area (Å²) >= 11 is 0. The maximum absolute atomic E-state index is 10.3. The first-order chi connectivity index (χ1) is 20.9. The van der Waals surface area contributed by atoms with Crippen LogP contribution in [0.15, 0.2) is 59.3 Å². The second kappa shape index (κ2) is 11.0. The predicted molar refractivity (Wildman–Crippen MR) is 161 cm³/mol. The fraction of sp³-hybridized carbons (Fsp3) is 0.438. The predicted octanol–water partition coefficient (Wildman–Crippen LogP) is 5.06. The second-order valence-electron chi connectivity index (χ2n) is 12.2. The third kappa shape index (κ3) is 5.16. The Balaban J connectivity index is 1.23. The molecule has 0 aliphatic carbocycles. The molecule has 2 aromatic heterocycles. The van der Waals surface area contributed by atoms with Gasteiger partial charge < -0.3 is 34.6 Å². The van der Waals surface area contributed by atoms with Crippen LogP contribution in [0.3, 0.4) is 0 Å². The molecule has 0 amide bonds. The molecule has 43 heavy (non-hydrogen) atoms. The van der Waals surface area contributed by atoms with Crippen LogP contribution in [-0.4, -0.2) is 63.5 Å². The minimum atomic E-state index is -0.501. The molecule has 0 radical (unpaired) electrons. The van der Waals surface area contributed by atoms with Crippen LogP contribution in [0.4, 0.5) is 17.5 Å². The minimum Gasteiger partial charge on any atom is -0.394 e. The lowest BCUT2D eigenvalue weighted by Crippen LogP contribution is -2.51. The largest absolute Gasteiger partial charge is 0.394 e. The molecule has 2 atom stereocenters. The van der Waals surface area contributed by atoms with Gasteiger partial charge in [-0.3, -0.25) is 0 Å². The first-order valence-corrected chi connectivity index (χ1v) is 14.9. The highest BCUT2D eigenvalue weighted by Crippen LogP contribution is 2.45. The zero-order valence-electron chi connectivity index (χ0n) is 24.7. The zero-order valence-corrected chi connectivity index (χ0v) is 24.7. The number of ether oxygens (including phenoxy) is 2. The van der Waals surface area contributed by atoms with E-state index in [2.05, 4.69) is 25.7 Å². The van der Waals surface area contributed by atoms with E-state index in [1.165, 1.54) is 0 Å². The van der Waals surface area contributed by atoms with E-state index in [1.807, 2.05) is 62.4 Å². The number of fused-ring (bicyclic) bond motifs is 4. The summed E-state index contributed by atoms with van der Waals surface area (Å²) in [6.45, 7) is 7.10. The molecule has 1 unspecified atom stereocenters. The Labute approximate surface area is 250 Å². The van der Waals surface area contributed by atoms with Crippen LogP contribution in [0.2, 0.25) is 0 Å². The molecule has 4 aliphatic heterocycles. The van der Waals surface area contributed by atoms with Gasteiger partial charge >= 0.3 is 0 Å². The van der Waals surface area contributed by atoms with Crippen molar-refractivity contribution >= 4 is 17.5 Å². The maximum atomic E-state index is 10.3. The van der Waals surface area contributed by atoms with Crippen LogP contribution >= 0.6 is 0 Å². The van der Waals surface area contributed by atoms with E-state index in [-0.39, 0.29) is 12.0 Å². The SMILES string of the molecule is COC1OC(C)(C)c2cc(Nc3ncc(-c4nc(C56CCN(CC5)CC6)no4)c(N[C@H](CO)c4ccccc4)n3)ccc21. The summed E-state index contributed by atoms with van der Waals surface area (Å²) < 4.78 is 17.5. The van der Waals surface area contributed by atoms with Gasteiger partial charge in [-0.25, -0.2) is 4.98 Å². The standard InChI is InChI=1S/C32H37N7O4/c1-31(2)24-17-21(9-10-22(24)28(41-3)42-31)34-30-33-18-23(26(36-30)35-25(19-40)20-7-5-4-6-8-20)27-37-29(38-43-27)32-11-14-39(15-12-32)16-13-32/h4-10,17-18,25,28,40H,11-16,19H2,1-3H3,(H2,33,34,35,36)/t25-,28?/m1/s1. The normalized spacial score (nSPS) is 24.5. The quantitative estimate of drug-likeness (QED) is 0.244. The van der Waals surface area contributed by atoms with Gasteiger partial charge in [0.05, 0.1) is 18.2 Å². The molecule has 3 saturated heterocycles. The fourth-order valence-electron chi connectivity index (χ4n) is 6.56. The first-order valence-electron chi connectivity index (χ1n) is 14.9. The van der Waals surface area contributed by atoms with Crippen LogP contribution in [-0.2, 0) is 20.5 Å². The van der Waals surface area contributed by atoms with Crippen molar-refractivity contribution in [1.82, 2.24) is 25.0 Å². The smallest absolute Gasteiger partial charge is 0.263 e. The van der Waals surface area contributed by atoms with Crippen molar-refractivity contribution in [1.29, 1.82) is 0 Å². The Morgan fingerprint density at radius 1 is 1.07 bits per heavy atom. The number of piperidine rings is 3. The Bertz CT molecular complexity index is 1590. The monoisotopic (exact) mass is 583 g/mol. The first kappa shape index (κ1) is 27.9. The van der Waals surface area contributed by atoms with Crippen LogP contribution in [0.5, 0.6) is 0 Å². The molecule has 4 aliphatic rings. The number of nitrogens with zero attached hydrogens (tertiary/aromatic N) is 5. The van der Waals surface area contributed by atoms with E-state index in [0.29, 0.717) is 23.2 Å². The fourth-order valence-corrected chi connectivity index (χ4v) is 6.56. The molecule has 6 heterocycles. The van der Waals surface area contributed by atoms with E-state index >= 15 is 0 Å². The average Bonchev–Trinajstić information content (AvgIpc) is 3.64. The van der Waals surface area contributed by atoms with Gasteiger partial charge in [-0.2, -0.15) is 9.97 Å². The summed E-state index contributed by atoms with van der Waals surface area (Å²) in [7, 11) is 1.64. The third-order valence-corrected chi connectivity index (χ3v) is 9.16. The number of anilines is 3. The Morgan fingerprint density at radius 2 is 1.84 bits per heavy atom. The van der Waals surface area contributed by atoms with Gasteiger partial charge in [0, 0.05) is 30.0 Å². The summed E-state index contributed by atoms with van der Waals surface area (Å²) in [5.41, 5.74) is 3.81. The van der Waals surface area contributed by atoms with Crippen molar-refractivity contribution in [2.24, 2.45) is 0 Å². The van der Waals surface area contributed by atoms with Gasteiger partial charge in [0.15, 0.2) is 12.1 Å². The van der Waals surface area contributed by atoms with Gasteiger partial charge in [0.2, 0.25) is 5.95 Å². The average molecular weight is 584 g/mol. The molecule has 0 spiro atoms. The summed E-state index contributed by atoms with van der Waals surface area (Å²) in [6.07, 6.45) is 4.39. The molecule has 11 heteroatoms. The second-order valence-corrected chi connectivity index (χ2v) is 12.2. The van der Waals surface area contributed by atoms with E-state index in [4.69, 9.17) is 24.0 Å². The van der Waals surface area contributed by atoms with Crippen molar-refractivity contribution in [3.8, 4) is 11.5 Å². The number of hydrogen-bond acceptors (Lipinski definition) is 11. The number of hydrogen-bond donors (Lipinski definition) is 3. The van der Waals surface area contributed by atoms with Gasteiger partial charge in [0.25, 0.3) is 5.89 Å². The molecule has 4 aromatic rings. The van der Waals surface area contributed by atoms with Crippen molar-refractivity contribution in [3.05, 3.63) is 77.2 Å². The molecule has 8 rings (SSSR count). The molecular weight excluding hydrogens is 546 g/mol. The Hall–Kier alpha value is -3.90. The number of nitrogens with one attached hydrogen (secondary N) is 2. The van der Waals surface area contributed by atoms with Gasteiger partial charge in [0.1, 0.15) is 11.4 Å². The highest BCUT2D eigenvalue weighted by Gasteiger charge is 2.44. The van der Waals surface area contributed by atoms with Crippen LogP contribution in [0.25, 0.3) is 11.5 Å². The molecule has 3 N–H and O–H groups in total. The minimum absolute atomic E-state index is 0.0446. The zero-order chi connectivity index (χ0) is 29.6. The summed E-state index contributed by atoms with van der Waals surface area (Å²) in [6, 6.07) is 15.4. The van der Waals surface area contributed by atoms with Crippen LogP contribution in [0.1, 0.15) is 68.0 Å². The number of aliphatic hydroxyl groups is 1. The Morgan fingerprint density at radius 3 is 2.56 bits per heavy atom. The molecule has 2 bridgehead atoms. The van der Waals surface area contributed by atoms with E-state index in [1.54, 1.807) is 13.3 Å². The third-order valence-electron chi connectivity index (χ3n) is 9.16. The molecule has 11 nitrogen and oxygen atoms in total. The van der Waals surface area contributed by atoms with Crippen molar-refractivity contribution < 1.29 is 19.1 Å². The van der Waals surface area contributed by atoms with Crippen molar-refractivity contribution in [2.45, 2.75) is 56.5 Å². The molecule has 0 saturated carbocycles. The van der Waals surface area contributed by atoms with Gasteiger partial charge in [-0.1, -0.05) is 41.6 Å². The maximum Gasteiger partial charge on any atom is 0.263 e. The Kier molecular flexibility index (Phi) is 7.13.